The maximum atomic E-state index is 11.5. The van der Waals surface area contributed by atoms with Crippen LogP contribution in [0.5, 0.6) is 0 Å². The second-order valence-electron chi connectivity index (χ2n) is 3.74. The molecule has 17 heavy (non-hydrogen) atoms. The number of nitrogens with one attached hydrogen (secondary N) is 2. The van der Waals surface area contributed by atoms with Gasteiger partial charge in [0, 0.05) is 18.7 Å². The van der Waals surface area contributed by atoms with Gasteiger partial charge in [-0.05, 0) is 37.2 Å². The minimum atomic E-state index is -0.0155. The van der Waals surface area contributed by atoms with Crippen molar-refractivity contribution >= 4 is 11.6 Å². The van der Waals surface area contributed by atoms with Gasteiger partial charge in [-0.3, -0.25) is 4.79 Å². The summed E-state index contributed by atoms with van der Waals surface area (Å²) in [7, 11) is 0. The lowest BCUT2D eigenvalue weighted by Gasteiger charge is -2.05. The third kappa shape index (κ3) is 5.14. The number of nitrogens with zero attached hydrogens (tertiary/aromatic N) is 1. The van der Waals surface area contributed by atoms with E-state index in [0.29, 0.717) is 18.5 Å². The maximum Gasteiger partial charge on any atom is 0.225 e. The fraction of sp³-hybridized carbons (Fsp3) is 0.385. The monoisotopic (exact) mass is 231 g/mol. The zero-order chi connectivity index (χ0) is 12.5. The van der Waals surface area contributed by atoms with Gasteiger partial charge >= 0.3 is 0 Å². The Morgan fingerprint density at radius 1 is 1.29 bits per heavy atom. The first-order valence-electron chi connectivity index (χ1n) is 5.77. The van der Waals surface area contributed by atoms with E-state index in [1.807, 2.05) is 6.07 Å². The molecule has 2 N–H and O–H groups in total. The van der Waals surface area contributed by atoms with E-state index in [1.54, 1.807) is 24.3 Å². The summed E-state index contributed by atoms with van der Waals surface area (Å²) in [6.07, 6.45) is 1.53. The van der Waals surface area contributed by atoms with Crippen LogP contribution >= 0.6 is 0 Å². The lowest BCUT2D eigenvalue weighted by atomic mass is 10.2. The second-order valence-corrected chi connectivity index (χ2v) is 3.74. The van der Waals surface area contributed by atoms with E-state index >= 15 is 0 Å². The number of carbonyl (C=O) groups is 1. The number of hydrogen-bond donors (Lipinski definition) is 2. The van der Waals surface area contributed by atoms with Crippen LogP contribution in [0.25, 0.3) is 0 Å². The topological polar surface area (TPSA) is 64.9 Å². The highest BCUT2D eigenvalue weighted by Crippen LogP contribution is 2.08. The fourth-order valence-electron chi connectivity index (χ4n) is 1.36. The molecule has 4 nitrogen and oxygen atoms in total. The maximum absolute atomic E-state index is 11.5. The molecular weight excluding hydrogens is 214 g/mol. The molecule has 0 radical (unpaired) electrons. The minimum Gasteiger partial charge on any atom is -0.326 e. The number of anilines is 1. The number of amides is 1. The quantitative estimate of drug-likeness (QED) is 0.735. The molecule has 0 heterocycles. The third-order valence-corrected chi connectivity index (χ3v) is 2.25. The summed E-state index contributed by atoms with van der Waals surface area (Å²) in [6.45, 7) is 3.71. The molecule has 0 aromatic heterocycles. The molecule has 0 fully saturated rings. The molecule has 0 spiro atoms. The van der Waals surface area contributed by atoms with Crippen LogP contribution in [0.1, 0.15) is 25.3 Å². The zero-order valence-electron chi connectivity index (χ0n) is 9.99. The average molecular weight is 231 g/mol. The van der Waals surface area contributed by atoms with Crippen molar-refractivity contribution < 1.29 is 4.79 Å². The standard InChI is InChI=1S/C13H17N3O/c1-2-8-15-9-7-13(17)16-12-5-3-11(10-14)4-6-12/h3-6,15H,2,7-9H2,1H3,(H,16,17). The number of hydrogen-bond acceptors (Lipinski definition) is 3. The van der Waals surface area contributed by atoms with Crippen molar-refractivity contribution in [2.24, 2.45) is 0 Å². The molecule has 0 atom stereocenters. The minimum absolute atomic E-state index is 0.0155. The van der Waals surface area contributed by atoms with Gasteiger partial charge in [0.2, 0.25) is 5.91 Å². The molecule has 0 aliphatic carbocycles. The van der Waals surface area contributed by atoms with Crippen LogP contribution in [0.2, 0.25) is 0 Å². The lowest BCUT2D eigenvalue weighted by Crippen LogP contribution is -2.22. The molecule has 4 heteroatoms. The predicted octanol–water partition coefficient (Wildman–Crippen LogP) is 1.89. The molecular formula is C13H17N3O. The SMILES string of the molecule is CCCNCCC(=O)Nc1ccc(C#N)cc1. The van der Waals surface area contributed by atoms with Crippen LogP contribution in [0.4, 0.5) is 5.69 Å². The van der Waals surface area contributed by atoms with Gasteiger partial charge in [0.15, 0.2) is 0 Å². The molecule has 0 aliphatic heterocycles. The Bertz CT molecular complexity index is 392. The van der Waals surface area contributed by atoms with Crippen molar-refractivity contribution in [2.75, 3.05) is 18.4 Å². The van der Waals surface area contributed by atoms with Gasteiger partial charge in [-0.2, -0.15) is 5.26 Å². The van der Waals surface area contributed by atoms with Gasteiger partial charge in [-0.25, -0.2) is 0 Å². The largest absolute Gasteiger partial charge is 0.326 e. The van der Waals surface area contributed by atoms with Crippen LogP contribution in [0.3, 0.4) is 0 Å². The Morgan fingerprint density at radius 2 is 2.00 bits per heavy atom. The van der Waals surface area contributed by atoms with Gasteiger partial charge in [0.05, 0.1) is 11.6 Å². The van der Waals surface area contributed by atoms with Crippen molar-refractivity contribution in [1.29, 1.82) is 5.26 Å². The highest BCUT2D eigenvalue weighted by atomic mass is 16.1. The smallest absolute Gasteiger partial charge is 0.225 e. The summed E-state index contributed by atoms with van der Waals surface area (Å²) in [5.41, 5.74) is 1.32. The van der Waals surface area contributed by atoms with Gasteiger partial charge in [0.1, 0.15) is 0 Å². The van der Waals surface area contributed by atoms with Crippen LogP contribution in [-0.4, -0.2) is 19.0 Å². The molecule has 1 amide bonds. The predicted molar refractivity (Wildman–Crippen MR) is 67.6 cm³/mol. The first kappa shape index (κ1) is 13.2. The summed E-state index contributed by atoms with van der Waals surface area (Å²) in [5, 5.41) is 14.6. The Balaban J connectivity index is 2.32. The molecule has 0 saturated heterocycles. The summed E-state index contributed by atoms with van der Waals surface area (Å²) in [5.74, 6) is -0.0155. The van der Waals surface area contributed by atoms with E-state index in [2.05, 4.69) is 17.6 Å². The molecule has 1 aromatic rings. The number of nitriles is 1. The van der Waals surface area contributed by atoms with Crippen LogP contribution in [0.15, 0.2) is 24.3 Å². The Kier molecular flexibility index (Phi) is 5.76. The van der Waals surface area contributed by atoms with E-state index in [1.165, 1.54) is 0 Å². The Hall–Kier alpha value is -1.86. The zero-order valence-corrected chi connectivity index (χ0v) is 9.99. The van der Waals surface area contributed by atoms with Crippen molar-refractivity contribution in [3.8, 4) is 6.07 Å². The fourth-order valence-corrected chi connectivity index (χ4v) is 1.36. The van der Waals surface area contributed by atoms with Gasteiger partial charge < -0.3 is 10.6 Å². The number of rotatable bonds is 6. The molecule has 0 aliphatic rings. The molecule has 1 rings (SSSR count). The second kappa shape index (κ2) is 7.42. The molecule has 0 unspecified atom stereocenters. The first-order chi connectivity index (χ1) is 8.26. The van der Waals surface area contributed by atoms with E-state index in [-0.39, 0.29) is 5.91 Å². The van der Waals surface area contributed by atoms with E-state index in [9.17, 15) is 4.79 Å². The van der Waals surface area contributed by atoms with Crippen LogP contribution in [-0.2, 0) is 4.79 Å². The van der Waals surface area contributed by atoms with Crippen molar-refractivity contribution in [1.82, 2.24) is 5.32 Å². The highest BCUT2D eigenvalue weighted by molar-refractivity contribution is 5.90. The third-order valence-electron chi connectivity index (χ3n) is 2.25. The van der Waals surface area contributed by atoms with Crippen molar-refractivity contribution in [3.05, 3.63) is 29.8 Å². The van der Waals surface area contributed by atoms with E-state index < -0.39 is 0 Å². The molecule has 1 aromatic carbocycles. The number of benzene rings is 1. The number of carbonyl (C=O) groups excluding carboxylic acids is 1. The van der Waals surface area contributed by atoms with E-state index in [4.69, 9.17) is 5.26 Å². The van der Waals surface area contributed by atoms with Gasteiger partial charge in [0.25, 0.3) is 0 Å². The molecule has 0 saturated carbocycles. The van der Waals surface area contributed by atoms with Gasteiger partial charge in [-0.15, -0.1) is 0 Å². The summed E-state index contributed by atoms with van der Waals surface area (Å²) in [6, 6.07) is 8.87. The van der Waals surface area contributed by atoms with Crippen molar-refractivity contribution in [3.63, 3.8) is 0 Å². The molecule has 0 bridgehead atoms. The lowest BCUT2D eigenvalue weighted by molar-refractivity contribution is -0.116. The Morgan fingerprint density at radius 3 is 2.59 bits per heavy atom. The summed E-state index contributed by atoms with van der Waals surface area (Å²) < 4.78 is 0. The van der Waals surface area contributed by atoms with Crippen molar-refractivity contribution in [2.45, 2.75) is 19.8 Å². The van der Waals surface area contributed by atoms with Gasteiger partial charge in [-0.1, -0.05) is 6.92 Å². The highest BCUT2D eigenvalue weighted by Gasteiger charge is 2.01. The summed E-state index contributed by atoms with van der Waals surface area (Å²) >= 11 is 0. The average Bonchev–Trinajstić information content (AvgIpc) is 2.36. The van der Waals surface area contributed by atoms with E-state index in [0.717, 1.165) is 18.7 Å². The summed E-state index contributed by atoms with van der Waals surface area (Å²) in [4.78, 5) is 11.5. The van der Waals surface area contributed by atoms with Crippen LogP contribution < -0.4 is 10.6 Å². The normalized spacial score (nSPS) is 9.65. The Labute approximate surface area is 102 Å². The first-order valence-corrected chi connectivity index (χ1v) is 5.77. The molecule has 90 valence electrons. The van der Waals surface area contributed by atoms with Crippen LogP contribution in [0, 0.1) is 11.3 Å².